The van der Waals surface area contributed by atoms with E-state index in [4.69, 9.17) is 25.6 Å². The molecule has 2 heterocycles. The number of sulfonamides is 1. The van der Waals surface area contributed by atoms with E-state index in [9.17, 15) is 17.6 Å². The fourth-order valence-electron chi connectivity index (χ4n) is 2.99. The van der Waals surface area contributed by atoms with E-state index in [1.165, 1.54) is 0 Å². The van der Waals surface area contributed by atoms with Crippen LogP contribution in [-0.4, -0.2) is 55.1 Å². The summed E-state index contributed by atoms with van der Waals surface area (Å²) in [6.45, 7) is 0.283. The third-order valence-electron chi connectivity index (χ3n) is 4.65. The molecule has 0 amide bonds. The molecule has 1 saturated heterocycles. The highest BCUT2D eigenvalue weighted by atomic mass is 35.5. The minimum Gasteiger partial charge on any atom is -0.452 e. The van der Waals surface area contributed by atoms with Crippen molar-refractivity contribution in [1.29, 1.82) is 0 Å². The molecule has 0 spiro atoms. The zero-order valence-electron chi connectivity index (χ0n) is 16.5. The van der Waals surface area contributed by atoms with Crippen LogP contribution in [0.25, 0.3) is 11.4 Å². The molecular formula is C20H17ClFN3O6S. The summed E-state index contributed by atoms with van der Waals surface area (Å²) in [6.07, 6.45) is 0. The zero-order valence-corrected chi connectivity index (χ0v) is 18.1. The molecule has 1 aromatic heterocycles. The first kappa shape index (κ1) is 22.3. The van der Waals surface area contributed by atoms with Crippen LogP contribution in [0.5, 0.6) is 0 Å². The summed E-state index contributed by atoms with van der Waals surface area (Å²) in [5, 5.41) is 4.37. The summed E-state index contributed by atoms with van der Waals surface area (Å²) in [4.78, 5) is 16.0. The Morgan fingerprint density at radius 1 is 1.16 bits per heavy atom. The number of aromatic nitrogens is 2. The van der Waals surface area contributed by atoms with E-state index in [0.29, 0.717) is 10.6 Å². The van der Waals surface area contributed by atoms with Gasteiger partial charge in [0.15, 0.2) is 6.61 Å². The van der Waals surface area contributed by atoms with Gasteiger partial charge in [0.1, 0.15) is 10.7 Å². The lowest BCUT2D eigenvalue weighted by atomic mass is 10.2. The minimum absolute atomic E-state index is 0.0339. The zero-order chi connectivity index (χ0) is 22.7. The van der Waals surface area contributed by atoms with Crippen molar-refractivity contribution in [2.24, 2.45) is 0 Å². The Labute approximate surface area is 187 Å². The number of ether oxygens (including phenoxy) is 2. The highest BCUT2D eigenvalue weighted by Crippen LogP contribution is 2.23. The van der Waals surface area contributed by atoms with Crippen LogP contribution in [-0.2, 0) is 26.1 Å². The standard InChI is InChI=1S/C20H17ClFN3O6S/c21-15-4-1-13(2-5-15)19-23-18(31-24-19)12-30-20(26)14-3-6-16(22)17(11-14)32(27,28)25-7-9-29-10-8-25/h1-6,11H,7-10,12H2. The summed E-state index contributed by atoms with van der Waals surface area (Å²) in [5.41, 5.74) is 0.530. The van der Waals surface area contributed by atoms with Gasteiger partial charge in [0, 0.05) is 23.7 Å². The van der Waals surface area contributed by atoms with E-state index in [1.807, 2.05) is 0 Å². The first-order valence-corrected chi connectivity index (χ1v) is 11.3. The van der Waals surface area contributed by atoms with Gasteiger partial charge in [0.25, 0.3) is 5.89 Å². The predicted octanol–water partition coefficient (Wildman–Crippen LogP) is 2.91. The third kappa shape index (κ3) is 4.80. The van der Waals surface area contributed by atoms with Crippen LogP contribution >= 0.6 is 11.6 Å². The molecule has 2 aromatic carbocycles. The molecule has 0 N–H and O–H groups in total. The Morgan fingerprint density at radius 2 is 1.88 bits per heavy atom. The van der Waals surface area contributed by atoms with Crippen LogP contribution in [0.1, 0.15) is 16.2 Å². The van der Waals surface area contributed by atoms with Crippen molar-refractivity contribution in [1.82, 2.24) is 14.4 Å². The van der Waals surface area contributed by atoms with Crippen LogP contribution in [0.2, 0.25) is 5.02 Å². The Balaban J connectivity index is 1.46. The molecule has 12 heteroatoms. The quantitative estimate of drug-likeness (QED) is 0.494. The average Bonchev–Trinajstić information content (AvgIpc) is 3.28. The van der Waals surface area contributed by atoms with Crippen molar-refractivity contribution >= 4 is 27.6 Å². The first-order valence-electron chi connectivity index (χ1n) is 9.48. The largest absolute Gasteiger partial charge is 0.452 e. The number of nitrogens with zero attached hydrogens (tertiary/aromatic N) is 3. The predicted molar refractivity (Wildman–Crippen MR) is 110 cm³/mol. The maximum atomic E-state index is 14.3. The van der Waals surface area contributed by atoms with E-state index in [-0.39, 0.29) is 50.2 Å². The summed E-state index contributed by atoms with van der Waals surface area (Å²) in [6, 6.07) is 9.76. The van der Waals surface area contributed by atoms with E-state index < -0.39 is 26.7 Å². The van der Waals surface area contributed by atoms with Crippen molar-refractivity contribution in [3.05, 3.63) is 64.8 Å². The monoisotopic (exact) mass is 481 g/mol. The minimum atomic E-state index is -4.13. The lowest BCUT2D eigenvalue weighted by molar-refractivity contribution is 0.0429. The van der Waals surface area contributed by atoms with Gasteiger partial charge in [-0.2, -0.15) is 9.29 Å². The van der Waals surface area contributed by atoms with E-state index in [0.717, 1.165) is 22.5 Å². The SMILES string of the molecule is O=C(OCc1nc(-c2ccc(Cl)cc2)no1)c1ccc(F)c(S(=O)(=O)N2CCOCC2)c1. The van der Waals surface area contributed by atoms with Crippen molar-refractivity contribution in [2.45, 2.75) is 11.5 Å². The normalized spacial score (nSPS) is 14.9. The molecule has 168 valence electrons. The third-order valence-corrected chi connectivity index (χ3v) is 6.82. The van der Waals surface area contributed by atoms with Gasteiger partial charge >= 0.3 is 5.97 Å². The highest BCUT2D eigenvalue weighted by Gasteiger charge is 2.30. The van der Waals surface area contributed by atoms with Crippen molar-refractivity contribution in [3.63, 3.8) is 0 Å². The molecule has 0 saturated carbocycles. The van der Waals surface area contributed by atoms with Crippen LogP contribution in [0.15, 0.2) is 51.9 Å². The molecular weight excluding hydrogens is 465 g/mol. The molecule has 0 aliphatic carbocycles. The number of carbonyl (C=O) groups is 1. The molecule has 0 unspecified atom stereocenters. The molecule has 0 radical (unpaired) electrons. The van der Waals surface area contributed by atoms with Crippen molar-refractivity contribution in [2.75, 3.05) is 26.3 Å². The topological polar surface area (TPSA) is 112 Å². The Morgan fingerprint density at radius 3 is 2.59 bits per heavy atom. The molecule has 0 bridgehead atoms. The number of morpholine rings is 1. The fourth-order valence-corrected chi connectivity index (χ4v) is 4.62. The van der Waals surface area contributed by atoms with Gasteiger partial charge in [-0.1, -0.05) is 16.8 Å². The van der Waals surface area contributed by atoms with E-state index in [2.05, 4.69) is 10.1 Å². The second-order valence-corrected chi connectivity index (χ2v) is 9.10. The van der Waals surface area contributed by atoms with E-state index >= 15 is 0 Å². The summed E-state index contributed by atoms with van der Waals surface area (Å²) >= 11 is 5.85. The van der Waals surface area contributed by atoms with Gasteiger partial charge in [0.05, 0.1) is 18.8 Å². The number of carbonyl (C=O) groups excluding carboxylic acids is 1. The van der Waals surface area contributed by atoms with Gasteiger partial charge < -0.3 is 14.0 Å². The lowest BCUT2D eigenvalue weighted by Crippen LogP contribution is -2.41. The second kappa shape index (κ2) is 9.33. The molecule has 32 heavy (non-hydrogen) atoms. The number of hydrogen-bond acceptors (Lipinski definition) is 8. The maximum absolute atomic E-state index is 14.3. The smallest absolute Gasteiger partial charge is 0.338 e. The fraction of sp³-hybridized carbons (Fsp3) is 0.250. The Kier molecular flexibility index (Phi) is 6.51. The van der Waals surface area contributed by atoms with Gasteiger partial charge in [-0.25, -0.2) is 17.6 Å². The maximum Gasteiger partial charge on any atom is 0.338 e. The van der Waals surface area contributed by atoms with Crippen molar-refractivity contribution < 1.29 is 31.6 Å². The summed E-state index contributed by atoms with van der Waals surface area (Å²) in [7, 11) is -4.13. The van der Waals surface area contributed by atoms with Crippen LogP contribution in [0, 0.1) is 5.82 Å². The number of halogens is 2. The van der Waals surface area contributed by atoms with Gasteiger partial charge in [-0.05, 0) is 42.5 Å². The Hall–Kier alpha value is -2.86. The first-order chi connectivity index (χ1) is 15.3. The lowest BCUT2D eigenvalue weighted by Gasteiger charge is -2.26. The highest BCUT2D eigenvalue weighted by molar-refractivity contribution is 7.89. The number of benzene rings is 2. The van der Waals surface area contributed by atoms with Gasteiger partial charge in [0.2, 0.25) is 15.8 Å². The second-order valence-electron chi connectivity index (χ2n) is 6.76. The molecule has 1 aliphatic heterocycles. The molecule has 1 aliphatic rings. The van der Waals surface area contributed by atoms with Crippen molar-refractivity contribution in [3.8, 4) is 11.4 Å². The summed E-state index contributed by atoms with van der Waals surface area (Å²) < 4.78 is 56.2. The van der Waals surface area contributed by atoms with Crippen LogP contribution in [0.3, 0.4) is 0 Å². The van der Waals surface area contributed by atoms with E-state index in [1.54, 1.807) is 24.3 Å². The van der Waals surface area contributed by atoms with Crippen LogP contribution in [0.4, 0.5) is 4.39 Å². The summed E-state index contributed by atoms with van der Waals surface area (Å²) in [5.74, 6) is -1.51. The Bertz CT molecular complexity index is 1230. The molecule has 9 nitrogen and oxygen atoms in total. The molecule has 3 aromatic rings. The molecule has 0 atom stereocenters. The number of esters is 1. The number of hydrogen-bond donors (Lipinski definition) is 0. The van der Waals surface area contributed by atoms with Crippen LogP contribution < -0.4 is 0 Å². The number of rotatable bonds is 6. The molecule has 4 rings (SSSR count). The average molecular weight is 482 g/mol. The van der Waals surface area contributed by atoms with Gasteiger partial charge in [-0.15, -0.1) is 0 Å². The molecule has 1 fully saturated rings. The van der Waals surface area contributed by atoms with Gasteiger partial charge in [-0.3, -0.25) is 0 Å².